The topological polar surface area (TPSA) is 67.9 Å². The third kappa shape index (κ3) is 4.47. The van der Waals surface area contributed by atoms with E-state index in [4.69, 9.17) is 9.47 Å². The molecule has 154 valence electrons. The van der Waals surface area contributed by atoms with E-state index in [1.165, 1.54) is 11.0 Å². The molecule has 6 nitrogen and oxygen atoms in total. The summed E-state index contributed by atoms with van der Waals surface area (Å²) in [5, 5.41) is 2.47. The number of carbonyl (C=O) groups is 2. The molecule has 29 heavy (non-hydrogen) atoms. The number of nitrogens with zero attached hydrogens (tertiary/aromatic N) is 1. The third-order valence-corrected chi connectivity index (χ3v) is 4.64. The molecule has 0 radical (unpaired) electrons. The summed E-state index contributed by atoms with van der Waals surface area (Å²) in [6, 6.07) is 7.58. The third-order valence-electron chi connectivity index (χ3n) is 4.64. The Morgan fingerprint density at radius 1 is 1.10 bits per heavy atom. The molecule has 1 aliphatic heterocycles. The van der Waals surface area contributed by atoms with Crippen LogP contribution < -0.4 is 14.8 Å². The Bertz CT molecular complexity index is 913. The summed E-state index contributed by atoms with van der Waals surface area (Å²) < 4.78 is 38.4. The maximum absolute atomic E-state index is 13.9. The van der Waals surface area contributed by atoms with Crippen LogP contribution in [0.15, 0.2) is 36.4 Å². The maximum Gasteiger partial charge on any atom is 0.257 e. The minimum absolute atomic E-state index is 0.154. The highest BCUT2D eigenvalue weighted by atomic mass is 19.1. The van der Waals surface area contributed by atoms with Crippen LogP contribution in [0.25, 0.3) is 0 Å². The Kier molecular flexibility index (Phi) is 6.00. The summed E-state index contributed by atoms with van der Waals surface area (Å²) in [7, 11) is 1.60. The van der Waals surface area contributed by atoms with Crippen molar-refractivity contribution in [3.63, 3.8) is 0 Å². The number of carbonyl (C=O) groups excluding carboxylic acids is 2. The number of hydrogen-bond acceptors (Lipinski definition) is 4. The second kappa shape index (κ2) is 8.46. The van der Waals surface area contributed by atoms with E-state index in [2.05, 4.69) is 5.32 Å². The monoisotopic (exact) mass is 404 g/mol. The van der Waals surface area contributed by atoms with Crippen LogP contribution in [-0.2, 0) is 11.3 Å². The lowest BCUT2D eigenvalue weighted by Crippen LogP contribution is -2.50. The average Bonchev–Trinajstić information content (AvgIpc) is 3.13. The lowest BCUT2D eigenvalue weighted by Gasteiger charge is -2.27. The van der Waals surface area contributed by atoms with Crippen LogP contribution in [0.3, 0.4) is 0 Å². The van der Waals surface area contributed by atoms with Gasteiger partial charge in [-0.15, -0.1) is 0 Å². The van der Waals surface area contributed by atoms with Crippen molar-refractivity contribution in [1.29, 1.82) is 0 Å². The minimum atomic E-state index is -0.980. The minimum Gasteiger partial charge on any atom is -0.454 e. The average molecular weight is 404 g/mol. The van der Waals surface area contributed by atoms with Gasteiger partial charge in [0.05, 0.1) is 0 Å². The van der Waals surface area contributed by atoms with Crippen molar-refractivity contribution in [2.24, 2.45) is 5.92 Å². The van der Waals surface area contributed by atoms with E-state index in [0.717, 1.165) is 17.7 Å². The molecule has 1 N–H and O–H groups in total. The van der Waals surface area contributed by atoms with Gasteiger partial charge < -0.3 is 19.7 Å². The summed E-state index contributed by atoms with van der Waals surface area (Å²) in [5.41, 5.74) is 0.114. The van der Waals surface area contributed by atoms with Gasteiger partial charge in [-0.1, -0.05) is 26.0 Å². The molecular weight excluding hydrogens is 382 g/mol. The molecule has 1 unspecified atom stereocenters. The predicted octanol–water partition coefficient (Wildman–Crippen LogP) is 3.11. The smallest absolute Gasteiger partial charge is 0.257 e. The number of nitrogens with one attached hydrogen (secondary N) is 1. The van der Waals surface area contributed by atoms with E-state index in [1.54, 1.807) is 33.0 Å². The summed E-state index contributed by atoms with van der Waals surface area (Å²) >= 11 is 0. The van der Waals surface area contributed by atoms with Crippen LogP contribution in [0.2, 0.25) is 0 Å². The van der Waals surface area contributed by atoms with E-state index in [-0.39, 0.29) is 25.2 Å². The molecular formula is C21H22F2N2O4. The van der Waals surface area contributed by atoms with Gasteiger partial charge >= 0.3 is 0 Å². The molecule has 1 atom stereocenters. The fourth-order valence-corrected chi connectivity index (χ4v) is 3.07. The molecule has 2 aromatic rings. The van der Waals surface area contributed by atoms with Crippen LogP contribution in [0.4, 0.5) is 8.78 Å². The Morgan fingerprint density at radius 2 is 1.76 bits per heavy atom. The summed E-state index contributed by atoms with van der Waals surface area (Å²) in [6.07, 6.45) is 0. The van der Waals surface area contributed by atoms with Crippen molar-refractivity contribution in [1.82, 2.24) is 10.2 Å². The zero-order chi connectivity index (χ0) is 21.1. The lowest BCUT2D eigenvalue weighted by atomic mass is 10.0. The summed E-state index contributed by atoms with van der Waals surface area (Å²) in [5.74, 6) is -2.35. The van der Waals surface area contributed by atoms with Crippen molar-refractivity contribution in [2.45, 2.75) is 26.4 Å². The van der Waals surface area contributed by atoms with Gasteiger partial charge in [0.1, 0.15) is 23.2 Å². The molecule has 0 fully saturated rings. The van der Waals surface area contributed by atoms with Crippen molar-refractivity contribution in [3.05, 3.63) is 59.2 Å². The molecule has 0 aliphatic carbocycles. The first kappa shape index (κ1) is 20.6. The number of benzene rings is 2. The molecule has 1 aliphatic rings. The molecule has 0 saturated carbocycles. The van der Waals surface area contributed by atoms with Crippen LogP contribution in [0.1, 0.15) is 29.8 Å². The quantitative estimate of drug-likeness (QED) is 0.804. The molecule has 0 aromatic heterocycles. The molecule has 0 spiro atoms. The normalized spacial score (nSPS) is 13.3. The Morgan fingerprint density at radius 3 is 2.41 bits per heavy atom. The Labute approximate surface area is 167 Å². The van der Waals surface area contributed by atoms with Crippen LogP contribution >= 0.6 is 0 Å². The lowest BCUT2D eigenvalue weighted by molar-refractivity contribution is -0.133. The van der Waals surface area contributed by atoms with E-state index < -0.39 is 29.1 Å². The van der Waals surface area contributed by atoms with Crippen molar-refractivity contribution >= 4 is 11.8 Å². The summed E-state index contributed by atoms with van der Waals surface area (Å²) in [4.78, 5) is 26.8. The Balaban J connectivity index is 1.72. The zero-order valence-corrected chi connectivity index (χ0v) is 16.4. The van der Waals surface area contributed by atoms with Gasteiger partial charge in [0.2, 0.25) is 12.7 Å². The maximum atomic E-state index is 13.9. The standard InChI is InChI=1S/C21H22F2N2O4/c1-12(2)19(24-20(26)18-14(22)5-4-6-15(18)23)21(27)25(3)10-13-7-8-16-17(9-13)29-11-28-16/h4-9,12,19H,10-11H2,1-3H3,(H,24,26). The SMILES string of the molecule is CC(C)C(NC(=O)c1c(F)cccc1F)C(=O)N(C)Cc1ccc2c(c1)OCO2. The van der Waals surface area contributed by atoms with Crippen LogP contribution in [0.5, 0.6) is 11.5 Å². The van der Waals surface area contributed by atoms with Crippen LogP contribution in [-0.4, -0.2) is 36.6 Å². The predicted molar refractivity (Wildman–Crippen MR) is 101 cm³/mol. The van der Waals surface area contributed by atoms with Gasteiger partial charge in [-0.2, -0.15) is 0 Å². The number of hydrogen-bond donors (Lipinski definition) is 1. The molecule has 2 aromatic carbocycles. The van der Waals surface area contributed by atoms with Gasteiger partial charge in [0, 0.05) is 13.6 Å². The second-order valence-electron chi connectivity index (χ2n) is 7.17. The highest BCUT2D eigenvalue weighted by Gasteiger charge is 2.29. The highest BCUT2D eigenvalue weighted by Crippen LogP contribution is 2.32. The first-order chi connectivity index (χ1) is 13.8. The number of halogens is 2. The van der Waals surface area contributed by atoms with Crippen molar-refractivity contribution in [2.75, 3.05) is 13.8 Å². The van der Waals surface area contributed by atoms with Gasteiger partial charge in [-0.3, -0.25) is 9.59 Å². The van der Waals surface area contributed by atoms with Gasteiger partial charge in [-0.05, 0) is 35.7 Å². The molecule has 0 bridgehead atoms. The van der Waals surface area contributed by atoms with Crippen molar-refractivity contribution in [3.8, 4) is 11.5 Å². The molecule has 2 amide bonds. The number of amides is 2. The van der Waals surface area contributed by atoms with Crippen LogP contribution in [0, 0.1) is 17.6 Å². The molecule has 3 rings (SSSR count). The molecule has 8 heteroatoms. The van der Waals surface area contributed by atoms with Gasteiger partial charge in [0.25, 0.3) is 5.91 Å². The second-order valence-corrected chi connectivity index (χ2v) is 7.17. The fraction of sp³-hybridized carbons (Fsp3) is 0.333. The van der Waals surface area contributed by atoms with E-state index >= 15 is 0 Å². The van der Waals surface area contributed by atoms with E-state index in [1.807, 2.05) is 6.07 Å². The van der Waals surface area contributed by atoms with E-state index in [0.29, 0.717) is 11.5 Å². The van der Waals surface area contributed by atoms with Crippen molar-refractivity contribution < 1.29 is 27.8 Å². The summed E-state index contributed by atoms with van der Waals surface area (Å²) in [6.45, 7) is 3.91. The van der Waals surface area contributed by atoms with Gasteiger partial charge in [-0.25, -0.2) is 8.78 Å². The van der Waals surface area contributed by atoms with E-state index in [9.17, 15) is 18.4 Å². The fourth-order valence-electron chi connectivity index (χ4n) is 3.07. The Hall–Kier alpha value is -3.16. The zero-order valence-electron chi connectivity index (χ0n) is 16.4. The molecule has 1 heterocycles. The first-order valence-corrected chi connectivity index (χ1v) is 9.16. The highest BCUT2D eigenvalue weighted by molar-refractivity contribution is 5.98. The number of likely N-dealkylation sites (N-methyl/N-ethyl adjacent to an activating group) is 1. The number of fused-ring (bicyclic) bond motifs is 1. The largest absolute Gasteiger partial charge is 0.454 e. The first-order valence-electron chi connectivity index (χ1n) is 9.16. The number of ether oxygens (including phenoxy) is 2. The number of rotatable bonds is 6. The van der Waals surface area contributed by atoms with Gasteiger partial charge in [0.15, 0.2) is 11.5 Å². The molecule has 0 saturated heterocycles.